The Morgan fingerprint density at radius 1 is 1.42 bits per heavy atom. The number of nitro groups is 1. The second-order valence-corrected chi connectivity index (χ2v) is 3.73. The third-order valence-corrected chi connectivity index (χ3v) is 2.47. The van der Waals surface area contributed by atoms with Crippen molar-refractivity contribution in [2.24, 2.45) is 0 Å². The van der Waals surface area contributed by atoms with Crippen LogP contribution in [0.3, 0.4) is 0 Å². The topological polar surface area (TPSA) is 106 Å². The molecule has 0 saturated carbocycles. The van der Waals surface area contributed by atoms with Gasteiger partial charge in [-0.15, -0.1) is 0 Å². The molecule has 0 fully saturated rings. The molecule has 0 unspecified atom stereocenters. The Hall–Kier alpha value is -2.83. The number of aromatic carboxylic acids is 1. The van der Waals surface area contributed by atoms with Gasteiger partial charge in [-0.1, -0.05) is 0 Å². The molecule has 19 heavy (non-hydrogen) atoms. The predicted octanol–water partition coefficient (Wildman–Crippen LogP) is 2.50. The molecule has 1 aromatic heterocycles. The van der Waals surface area contributed by atoms with Gasteiger partial charge >= 0.3 is 5.97 Å². The molecular formula is C12H10N2O5. The Morgan fingerprint density at radius 3 is 2.79 bits per heavy atom. The van der Waals surface area contributed by atoms with Crippen molar-refractivity contribution in [2.75, 3.05) is 5.32 Å². The normalized spacial score (nSPS) is 10.1. The Morgan fingerprint density at radius 2 is 2.21 bits per heavy atom. The Balaban J connectivity index is 2.20. The van der Waals surface area contributed by atoms with Gasteiger partial charge in [-0.05, 0) is 24.3 Å². The fraction of sp³-hybridized carbons (Fsp3) is 0.0833. The molecule has 1 aromatic carbocycles. The first kappa shape index (κ1) is 12.6. The molecule has 2 rings (SSSR count). The fourth-order valence-electron chi connectivity index (χ4n) is 1.58. The Bertz CT molecular complexity index is 607. The van der Waals surface area contributed by atoms with E-state index >= 15 is 0 Å². The van der Waals surface area contributed by atoms with Gasteiger partial charge in [0, 0.05) is 11.8 Å². The minimum absolute atomic E-state index is 0.352. The van der Waals surface area contributed by atoms with E-state index < -0.39 is 16.6 Å². The summed E-state index contributed by atoms with van der Waals surface area (Å²) in [4.78, 5) is 20.9. The van der Waals surface area contributed by atoms with Crippen LogP contribution in [0.1, 0.15) is 16.1 Å². The summed E-state index contributed by atoms with van der Waals surface area (Å²) in [6, 6.07) is 7.33. The number of hydrogen-bond acceptors (Lipinski definition) is 5. The third-order valence-electron chi connectivity index (χ3n) is 2.47. The maximum Gasteiger partial charge on any atom is 0.342 e. The van der Waals surface area contributed by atoms with E-state index in [-0.39, 0.29) is 5.56 Å². The van der Waals surface area contributed by atoms with Gasteiger partial charge in [-0.3, -0.25) is 10.1 Å². The quantitative estimate of drug-likeness (QED) is 0.633. The SMILES string of the molecule is O=C(O)c1cc(NCc2ccco2)ccc1[N+](=O)[O-]. The van der Waals surface area contributed by atoms with Crippen molar-refractivity contribution in [1.82, 2.24) is 0 Å². The van der Waals surface area contributed by atoms with Crippen LogP contribution in [0.5, 0.6) is 0 Å². The average molecular weight is 262 g/mol. The van der Waals surface area contributed by atoms with E-state index in [2.05, 4.69) is 5.32 Å². The van der Waals surface area contributed by atoms with E-state index in [0.717, 1.165) is 6.07 Å². The number of carboxylic acids is 1. The van der Waals surface area contributed by atoms with Crippen LogP contribution in [0.15, 0.2) is 41.0 Å². The predicted molar refractivity (Wildman–Crippen MR) is 66.1 cm³/mol. The first-order valence-corrected chi connectivity index (χ1v) is 5.36. The van der Waals surface area contributed by atoms with E-state index in [1.807, 2.05) is 0 Å². The van der Waals surface area contributed by atoms with E-state index in [1.54, 1.807) is 12.1 Å². The molecule has 7 heteroatoms. The van der Waals surface area contributed by atoms with Crippen molar-refractivity contribution >= 4 is 17.3 Å². The number of benzene rings is 1. The average Bonchev–Trinajstić information content (AvgIpc) is 2.88. The molecule has 0 spiro atoms. The van der Waals surface area contributed by atoms with Crippen LogP contribution in [0.4, 0.5) is 11.4 Å². The summed E-state index contributed by atoms with van der Waals surface area (Å²) in [6.07, 6.45) is 1.52. The van der Waals surface area contributed by atoms with Gasteiger partial charge in [-0.25, -0.2) is 4.79 Å². The highest BCUT2D eigenvalue weighted by Gasteiger charge is 2.19. The number of hydrogen-bond donors (Lipinski definition) is 2. The molecule has 7 nitrogen and oxygen atoms in total. The molecule has 2 aromatic rings. The van der Waals surface area contributed by atoms with Crippen molar-refractivity contribution < 1.29 is 19.2 Å². The third kappa shape index (κ3) is 2.89. The molecule has 0 radical (unpaired) electrons. The second-order valence-electron chi connectivity index (χ2n) is 3.73. The van der Waals surface area contributed by atoms with Crippen LogP contribution in [0.25, 0.3) is 0 Å². The van der Waals surface area contributed by atoms with E-state index in [4.69, 9.17) is 9.52 Å². The summed E-state index contributed by atoms with van der Waals surface area (Å²) in [5.41, 5.74) is -0.315. The molecule has 98 valence electrons. The zero-order valence-corrected chi connectivity index (χ0v) is 9.70. The van der Waals surface area contributed by atoms with Gasteiger partial charge in [0.1, 0.15) is 11.3 Å². The second kappa shape index (κ2) is 5.21. The number of rotatable bonds is 5. The standard InChI is InChI=1S/C12H10N2O5/c15-12(16)10-6-8(3-4-11(10)14(17)18)13-7-9-2-1-5-19-9/h1-6,13H,7H2,(H,15,16). The van der Waals surface area contributed by atoms with Crippen LogP contribution in [-0.2, 0) is 6.54 Å². The molecule has 0 atom stereocenters. The summed E-state index contributed by atoms with van der Waals surface area (Å²) < 4.78 is 5.11. The molecule has 2 N–H and O–H groups in total. The highest BCUT2D eigenvalue weighted by Crippen LogP contribution is 2.23. The van der Waals surface area contributed by atoms with Crippen LogP contribution in [0.2, 0.25) is 0 Å². The minimum Gasteiger partial charge on any atom is -0.477 e. The maximum absolute atomic E-state index is 11.0. The summed E-state index contributed by atoms with van der Waals surface area (Å²) in [5, 5.41) is 22.6. The van der Waals surface area contributed by atoms with Gasteiger partial charge in [0.2, 0.25) is 0 Å². The number of nitrogens with one attached hydrogen (secondary N) is 1. The van der Waals surface area contributed by atoms with Crippen molar-refractivity contribution in [3.63, 3.8) is 0 Å². The van der Waals surface area contributed by atoms with Crippen molar-refractivity contribution in [1.29, 1.82) is 0 Å². The highest BCUT2D eigenvalue weighted by atomic mass is 16.6. The maximum atomic E-state index is 11.0. The van der Waals surface area contributed by atoms with Gasteiger partial charge in [0.15, 0.2) is 0 Å². The monoisotopic (exact) mass is 262 g/mol. The number of nitrogens with zero attached hydrogens (tertiary/aromatic N) is 1. The smallest absolute Gasteiger partial charge is 0.342 e. The van der Waals surface area contributed by atoms with Gasteiger partial charge < -0.3 is 14.8 Å². The van der Waals surface area contributed by atoms with Crippen LogP contribution >= 0.6 is 0 Å². The summed E-state index contributed by atoms with van der Waals surface area (Å²) in [5.74, 6) is -0.663. The van der Waals surface area contributed by atoms with Gasteiger partial charge in [-0.2, -0.15) is 0 Å². The van der Waals surface area contributed by atoms with Crippen molar-refractivity contribution in [2.45, 2.75) is 6.54 Å². The number of nitro benzene ring substituents is 1. The summed E-state index contributed by atoms with van der Waals surface area (Å²) in [7, 11) is 0. The lowest BCUT2D eigenvalue weighted by Crippen LogP contribution is -2.05. The van der Waals surface area contributed by atoms with Crippen molar-refractivity contribution in [3.8, 4) is 0 Å². The molecule has 0 aliphatic rings. The Labute approximate surface area is 107 Å². The molecule has 1 heterocycles. The van der Waals surface area contributed by atoms with Crippen molar-refractivity contribution in [3.05, 3.63) is 58.0 Å². The van der Waals surface area contributed by atoms with Crippen LogP contribution in [0, 0.1) is 10.1 Å². The molecule has 0 aliphatic heterocycles. The number of anilines is 1. The first-order valence-electron chi connectivity index (χ1n) is 5.36. The lowest BCUT2D eigenvalue weighted by atomic mass is 10.1. The highest BCUT2D eigenvalue weighted by molar-refractivity contribution is 5.93. The lowest BCUT2D eigenvalue weighted by Gasteiger charge is -2.05. The lowest BCUT2D eigenvalue weighted by molar-refractivity contribution is -0.385. The Kier molecular flexibility index (Phi) is 3.46. The molecule has 0 amide bonds. The summed E-state index contributed by atoms with van der Waals surface area (Å²) >= 11 is 0. The van der Waals surface area contributed by atoms with Crippen LogP contribution in [-0.4, -0.2) is 16.0 Å². The largest absolute Gasteiger partial charge is 0.477 e. The molecule has 0 aliphatic carbocycles. The summed E-state index contributed by atoms with van der Waals surface area (Å²) in [6.45, 7) is 0.365. The number of carboxylic acid groups (broad SMARTS) is 1. The van der Waals surface area contributed by atoms with E-state index in [0.29, 0.717) is 18.0 Å². The van der Waals surface area contributed by atoms with Crippen LogP contribution < -0.4 is 5.32 Å². The first-order chi connectivity index (χ1) is 9.08. The molecular weight excluding hydrogens is 252 g/mol. The van der Waals surface area contributed by atoms with E-state index in [9.17, 15) is 14.9 Å². The zero-order chi connectivity index (χ0) is 13.8. The van der Waals surface area contributed by atoms with Gasteiger partial charge in [0.25, 0.3) is 5.69 Å². The fourth-order valence-corrected chi connectivity index (χ4v) is 1.58. The molecule has 0 bridgehead atoms. The van der Waals surface area contributed by atoms with Gasteiger partial charge in [0.05, 0.1) is 17.7 Å². The van der Waals surface area contributed by atoms with E-state index in [1.165, 1.54) is 18.4 Å². The minimum atomic E-state index is -1.34. The molecule has 0 saturated heterocycles. The number of carbonyl (C=O) groups is 1. The number of furan rings is 1. The zero-order valence-electron chi connectivity index (χ0n) is 9.70.